The van der Waals surface area contributed by atoms with Crippen molar-refractivity contribution in [2.45, 2.75) is 31.3 Å². The van der Waals surface area contributed by atoms with Crippen molar-refractivity contribution in [2.24, 2.45) is 5.73 Å². The molecule has 2 amide bonds. The maximum Gasteiger partial charge on any atom is 0.249 e. The van der Waals surface area contributed by atoms with Gasteiger partial charge in [-0.15, -0.1) is 12.4 Å². The maximum atomic E-state index is 12.9. The predicted molar refractivity (Wildman–Crippen MR) is 110 cm³/mol. The Kier molecular flexibility index (Phi) is 7.39. The number of hydrogen-bond acceptors (Lipinski definition) is 3. The van der Waals surface area contributed by atoms with E-state index in [1.54, 1.807) is 11.9 Å². The van der Waals surface area contributed by atoms with E-state index in [2.05, 4.69) is 0 Å². The van der Waals surface area contributed by atoms with E-state index in [4.69, 9.17) is 5.73 Å². The van der Waals surface area contributed by atoms with Gasteiger partial charge < -0.3 is 15.5 Å². The van der Waals surface area contributed by atoms with Crippen molar-refractivity contribution in [1.29, 1.82) is 0 Å². The molecule has 1 saturated heterocycles. The van der Waals surface area contributed by atoms with Gasteiger partial charge >= 0.3 is 0 Å². The Hall–Kier alpha value is -2.37. The van der Waals surface area contributed by atoms with Crippen LogP contribution < -0.4 is 10.6 Å². The van der Waals surface area contributed by atoms with Crippen molar-refractivity contribution in [3.63, 3.8) is 0 Å². The Morgan fingerprint density at radius 3 is 2.37 bits per heavy atom. The van der Waals surface area contributed by atoms with Gasteiger partial charge in [0.2, 0.25) is 11.8 Å². The zero-order valence-electron chi connectivity index (χ0n) is 15.5. The molecule has 1 fully saturated rings. The summed E-state index contributed by atoms with van der Waals surface area (Å²) in [6.45, 7) is 0.678. The summed E-state index contributed by atoms with van der Waals surface area (Å²) in [4.78, 5) is 29.0. The number of halogens is 1. The average molecular weight is 388 g/mol. The normalized spacial score (nSPS) is 17.8. The van der Waals surface area contributed by atoms with Crippen molar-refractivity contribution < 1.29 is 9.59 Å². The Balaban J connectivity index is 0.00000261. The fourth-order valence-corrected chi connectivity index (χ4v) is 3.45. The van der Waals surface area contributed by atoms with Crippen LogP contribution in [0.15, 0.2) is 60.7 Å². The van der Waals surface area contributed by atoms with E-state index in [0.29, 0.717) is 19.4 Å². The molecule has 6 heteroatoms. The third-order valence-corrected chi connectivity index (χ3v) is 4.91. The lowest BCUT2D eigenvalue weighted by Crippen LogP contribution is -2.56. The molecule has 144 valence electrons. The molecular weight excluding hydrogens is 362 g/mol. The van der Waals surface area contributed by atoms with Gasteiger partial charge in [0.1, 0.15) is 6.04 Å². The summed E-state index contributed by atoms with van der Waals surface area (Å²) >= 11 is 0. The summed E-state index contributed by atoms with van der Waals surface area (Å²) < 4.78 is 0. The van der Waals surface area contributed by atoms with Gasteiger partial charge in [0.25, 0.3) is 0 Å². The van der Waals surface area contributed by atoms with Gasteiger partial charge in [0.05, 0.1) is 6.04 Å². The lowest BCUT2D eigenvalue weighted by atomic mass is 10.00. The number of para-hydroxylation sites is 1. The largest absolute Gasteiger partial charge is 0.332 e. The average Bonchev–Trinajstić information content (AvgIpc) is 2.68. The number of likely N-dealkylation sites (N-methyl/N-ethyl adjacent to an activating group) is 1. The maximum absolute atomic E-state index is 12.9. The second-order valence-electron chi connectivity index (χ2n) is 6.73. The summed E-state index contributed by atoms with van der Waals surface area (Å²) in [5.41, 5.74) is 8.02. The molecule has 2 aromatic carbocycles. The fourth-order valence-electron chi connectivity index (χ4n) is 3.45. The SMILES string of the molecule is CN(C(=O)[C@@H](N)Cc1ccccc1)C1CCCN(c2ccccc2)C1=O.Cl. The minimum atomic E-state index is -0.651. The first-order valence-corrected chi connectivity index (χ1v) is 9.00. The quantitative estimate of drug-likeness (QED) is 0.857. The molecule has 1 aliphatic heterocycles. The number of anilines is 1. The number of hydrogen-bond donors (Lipinski definition) is 1. The molecule has 0 aromatic heterocycles. The van der Waals surface area contributed by atoms with Crippen molar-refractivity contribution >= 4 is 29.9 Å². The van der Waals surface area contributed by atoms with Crippen LogP contribution in [-0.4, -0.2) is 42.4 Å². The van der Waals surface area contributed by atoms with E-state index in [1.807, 2.05) is 60.7 Å². The second-order valence-corrected chi connectivity index (χ2v) is 6.73. The molecule has 0 spiro atoms. The fraction of sp³-hybridized carbons (Fsp3) is 0.333. The summed E-state index contributed by atoms with van der Waals surface area (Å²) in [7, 11) is 1.68. The highest BCUT2D eigenvalue weighted by Gasteiger charge is 2.35. The number of nitrogens with zero attached hydrogens (tertiary/aromatic N) is 2. The first kappa shape index (κ1) is 20.9. The molecule has 0 bridgehead atoms. The van der Waals surface area contributed by atoms with Gasteiger partial charge in [-0.25, -0.2) is 0 Å². The van der Waals surface area contributed by atoms with E-state index in [0.717, 1.165) is 17.7 Å². The minimum absolute atomic E-state index is 0. The third kappa shape index (κ3) is 4.87. The molecular formula is C21H26ClN3O2. The van der Waals surface area contributed by atoms with Crippen molar-refractivity contribution in [3.8, 4) is 0 Å². The smallest absolute Gasteiger partial charge is 0.249 e. The summed E-state index contributed by atoms with van der Waals surface area (Å²) in [5.74, 6) is -0.229. The number of benzene rings is 2. The van der Waals surface area contributed by atoms with Crippen LogP contribution in [0, 0.1) is 0 Å². The monoisotopic (exact) mass is 387 g/mol. The molecule has 3 rings (SSSR count). The molecule has 2 aromatic rings. The van der Waals surface area contributed by atoms with Gasteiger partial charge in [-0.05, 0) is 37.0 Å². The summed E-state index contributed by atoms with van der Waals surface area (Å²) in [6, 6.07) is 18.2. The molecule has 0 aliphatic carbocycles. The molecule has 2 atom stereocenters. The highest BCUT2D eigenvalue weighted by atomic mass is 35.5. The second kappa shape index (κ2) is 9.53. The van der Waals surface area contributed by atoms with E-state index in [1.165, 1.54) is 4.90 Å². The van der Waals surface area contributed by atoms with Crippen LogP contribution in [0.3, 0.4) is 0 Å². The van der Waals surface area contributed by atoms with Gasteiger partial charge in [0.15, 0.2) is 0 Å². The number of piperidine rings is 1. The van der Waals surface area contributed by atoms with Crippen molar-refractivity contribution in [1.82, 2.24) is 4.90 Å². The molecule has 0 radical (unpaired) electrons. The van der Waals surface area contributed by atoms with Gasteiger partial charge in [-0.2, -0.15) is 0 Å². The number of amides is 2. The standard InChI is InChI=1S/C21H25N3O2.ClH/c1-23(20(25)18(22)15-16-9-4-2-5-10-16)19-13-8-14-24(21(19)26)17-11-6-3-7-12-17;/h2-7,9-12,18-19H,8,13-15,22H2,1H3;1H/t18-,19?;/m0./s1. The highest BCUT2D eigenvalue weighted by Crippen LogP contribution is 2.23. The Morgan fingerprint density at radius 2 is 1.74 bits per heavy atom. The van der Waals surface area contributed by atoms with Gasteiger partial charge in [-0.1, -0.05) is 48.5 Å². The molecule has 5 nitrogen and oxygen atoms in total. The molecule has 1 heterocycles. The van der Waals surface area contributed by atoms with E-state index < -0.39 is 12.1 Å². The summed E-state index contributed by atoms with van der Waals surface area (Å²) in [6.07, 6.45) is 1.99. The first-order chi connectivity index (χ1) is 12.6. The number of rotatable bonds is 5. The first-order valence-electron chi connectivity index (χ1n) is 9.00. The van der Waals surface area contributed by atoms with Gasteiger partial charge in [0, 0.05) is 19.3 Å². The van der Waals surface area contributed by atoms with Crippen LogP contribution in [0.25, 0.3) is 0 Å². The summed E-state index contributed by atoms with van der Waals surface area (Å²) in [5, 5.41) is 0. The van der Waals surface area contributed by atoms with Gasteiger partial charge in [-0.3, -0.25) is 9.59 Å². The Labute approximate surface area is 166 Å². The van der Waals surface area contributed by atoms with Crippen LogP contribution in [0.2, 0.25) is 0 Å². The minimum Gasteiger partial charge on any atom is -0.332 e. The highest BCUT2D eigenvalue weighted by molar-refractivity contribution is 6.00. The number of carbonyl (C=O) groups excluding carboxylic acids is 2. The molecule has 0 saturated carbocycles. The van der Waals surface area contributed by atoms with Crippen molar-refractivity contribution in [3.05, 3.63) is 66.2 Å². The van der Waals surface area contributed by atoms with Crippen LogP contribution in [0.1, 0.15) is 18.4 Å². The van der Waals surface area contributed by atoms with Crippen LogP contribution >= 0.6 is 12.4 Å². The lowest BCUT2D eigenvalue weighted by molar-refractivity contribution is -0.139. The Morgan fingerprint density at radius 1 is 1.15 bits per heavy atom. The topological polar surface area (TPSA) is 66.6 Å². The van der Waals surface area contributed by atoms with E-state index in [9.17, 15) is 9.59 Å². The molecule has 1 unspecified atom stereocenters. The van der Waals surface area contributed by atoms with Crippen LogP contribution in [-0.2, 0) is 16.0 Å². The lowest BCUT2D eigenvalue weighted by Gasteiger charge is -2.37. The zero-order valence-corrected chi connectivity index (χ0v) is 16.3. The Bertz CT molecular complexity index is 755. The van der Waals surface area contributed by atoms with Crippen molar-refractivity contribution in [2.75, 3.05) is 18.5 Å². The molecule has 1 aliphatic rings. The third-order valence-electron chi connectivity index (χ3n) is 4.91. The van der Waals surface area contributed by atoms with Crippen LogP contribution in [0.5, 0.6) is 0 Å². The number of nitrogens with two attached hydrogens (primary N) is 1. The van der Waals surface area contributed by atoms with E-state index >= 15 is 0 Å². The zero-order chi connectivity index (χ0) is 18.5. The number of carbonyl (C=O) groups is 2. The predicted octanol–water partition coefficient (Wildman–Crippen LogP) is 2.63. The van der Waals surface area contributed by atoms with Crippen LogP contribution in [0.4, 0.5) is 5.69 Å². The van der Waals surface area contributed by atoms with E-state index in [-0.39, 0.29) is 24.2 Å². The molecule has 27 heavy (non-hydrogen) atoms. The molecule has 2 N–H and O–H groups in total.